The second-order valence-corrected chi connectivity index (χ2v) is 14.0. The van der Waals surface area contributed by atoms with Gasteiger partial charge in [0.1, 0.15) is 0 Å². The summed E-state index contributed by atoms with van der Waals surface area (Å²) in [6, 6.07) is 0. The number of hydrogen-bond acceptors (Lipinski definition) is 2. The summed E-state index contributed by atoms with van der Waals surface area (Å²) in [5, 5.41) is 10.8. The van der Waals surface area contributed by atoms with E-state index in [9.17, 15) is 5.11 Å². The highest BCUT2D eigenvalue weighted by atomic mass is 16.3. The summed E-state index contributed by atoms with van der Waals surface area (Å²) < 4.78 is 0. The van der Waals surface area contributed by atoms with Crippen LogP contribution in [0, 0.1) is 34.0 Å². The van der Waals surface area contributed by atoms with Crippen LogP contribution in [0.1, 0.15) is 121 Å². The van der Waals surface area contributed by atoms with Gasteiger partial charge in [-0.3, -0.25) is 4.90 Å². The Morgan fingerprint density at radius 1 is 0.967 bits per heavy atom. The maximum atomic E-state index is 10.8. The number of rotatable bonds is 6. The molecule has 2 aliphatic rings. The highest BCUT2D eigenvalue weighted by molar-refractivity contribution is 4.97. The van der Waals surface area contributed by atoms with Crippen molar-refractivity contribution in [3.05, 3.63) is 0 Å². The summed E-state index contributed by atoms with van der Waals surface area (Å²) in [6.45, 7) is 26.7. The number of piperidine rings is 1. The van der Waals surface area contributed by atoms with E-state index in [0.717, 1.165) is 18.8 Å². The van der Waals surface area contributed by atoms with Gasteiger partial charge in [0.25, 0.3) is 0 Å². The first-order chi connectivity index (χ1) is 13.6. The van der Waals surface area contributed by atoms with E-state index in [2.05, 4.69) is 74.1 Å². The van der Waals surface area contributed by atoms with Crippen LogP contribution < -0.4 is 0 Å². The number of nitrogens with zero attached hydrogens (tertiary/aromatic N) is 1. The molecule has 30 heavy (non-hydrogen) atoms. The van der Waals surface area contributed by atoms with E-state index in [1.807, 2.05) is 0 Å². The van der Waals surface area contributed by atoms with Crippen molar-refractivity contribution in [3.63, 3.8) is 0 Å². The van der Waals surface area contributed by atoms with E-state index in [1.54, 1.807) is 0 Å². The van der Waals surface area contributed by atoms with E-state index < -0.39 is 0 Å². The van der Waals surface area contributed by atoms with Crippen molar-refractivity contribution < 1.29 is 5.11 Å². The predicted molar refractivity (Wildman–Crippen MR) is 132 cm³/mol. The Morgan fingerprint density at radius 3 is 2.10 bits per heavy atom. The molecule has 0 amide bonds. The lowest BCUT2D eigenvalue weighted by atomic mass is 9.56. The lowest BCUT2D eigenvalue weighted by molar-refractivity contribution is -0.0520. The Hall–Kier alpha value is -0.0800. The lowest BCUT2D eigenvalue weighted by Gasteiger charge is -2.51. The van der Waals surface area contributed by atoms with Gasteiger partial charge < -0.3 is 5.11 Å². The standard InChI is InChI=1S/C28H55NO/c1-11-28(18-23(26(6,7)8)17-24(30)19-28)21(2)14-15-27(9,10)29-16-12-13-22(20-29)25(3,4)5/h21-24,30H,11-20H2,1-10H3. The van der Waals surface area contributed by atoms with Gasteiger partial charge in [-0.05, 0) is 99.3 Å². The third kappa shape index (κ3) is 6.25. The normalized spacial score (nSPS) is 33.5. The molecule has 2 rings (SSSR count). The van der Waals surface area contributed by atoms with Crippen LogP contribution in [-0.2, 0) is 0 Å². The Morgan fingerprint density at radius 2 is 1.57 bits per heavy atom. The molecule has 0 bridgehead atoms. The summed E-state index contributed by atoms with van der Waals surface area (Å²) in [5.74, 6) is 2.11. The van der Waals surface area contributed by atoms with Crippen LogP contribution in [0.2, 0.25) is 0 Å². The topological polar surface area (TPSA) is 23.5 Å². The summed E-state index contributed by atoms with van der Waals surface area (Å²) in [5.41, 5.74) is 1.27. The third-order valence-electron chi connectivity index (χ3n) is 9.52. The van der Waals surface area contributed by atoms with Crippen LogP contribution in [0.5, 0.6) is 0 Å². The van der Waals surface area contributed by atoms with Crippen LogP contribution in [0.4, 0.5) is 0 Å². The molecule has 0 aromatic heterocycles. The Labute approximate surface area is 189 Å². The first kappa shape index (κ1) is 26.2. The van der Waals surface area contributed by atoms with Gasteiger partial charge in [0.15, 0.2) is 0 Å². The molecular weight excluding hydrogens is 366 g/mol. The van der Waals surface area contributed by atoms with Crippen molar-refractivity contribution in [1.29, 1.82) is 0 Å². The van der Waals surface area contributed by atoms with Gasteiger partial charge in [0.05, 0.1) is 6.10 Å². The van der Waals surface area contributed by atoms with Gasteiger partial charge >= 0.3 is 0 Å². The molecule has 2 fully saturated rings. The molecule has 0 radical (unpaired) electrons. The molecule has 5 unspecified atom stereocenters. The van der Waals surface area contributed by atoms with E-state index in [0.29, 0.717) is 22.7 Å². The largest absolute Gasteiger partial charge is 0.393 e. The Bertz CT molecular complexity index is 540. The second-order valence-electron chi connectivity index (χ2n) is 14.0. The van der Waals surface area contributed by atoms with Gasteiger partial charge in [0, 0.05) is 12.1 Å². The molecule has 178 valence electrons. The van der Waals surface area contributed by atoms with Gasteiger partial charge in [-0.2, -0.15) is 0 Å². The fourth-order valence-electron chi connectivity index (χ4n) is 6.51. The molecule has 1 heterocycles. The predicted octanol–water partition coefficient (Wildman–Crippen LogP) is 7.54. The smallest absolute Gasteiger partial charge is 0.0548 e. The van der Waals surface area contributed by atoms with Gasteiger partial charge in [-0.1, -0.05) is 61.8 Å². The van der Waals surface area contributed by atoms with Gasteiger partial charge in [-0.15, -0.1) is 0 Å². The van der Waals surface area contributed by atoms with Crippen molar-refractivity contribution in [2.45, 2.75) is 132 Å². The minimum Gasteiger partial charge on any atom is -0.393 e. The van der Waals surface area contributed by atoms with Crippen molar-refractivity contribution >= 4 is 0 Å². The molecular formula is C28H55NO. The highest BCUT2D eigenvalue weighted by Crippen LogP contribution is 2.53. The lowest BCUT2D eigenvalue weighted by Crippen LogP contribution is -2.51. The summed E-state index contributed by atoms with van der Waals surface area (Å²) in [4.78, 5) is 2.80. The minimum absolute atomic E-state index is 0.118. The summed E-state index contributed by atoms with van der Waals surface area (Å²) in [7, 11) is 0. The van der Waals surface area contributed by atoms with Crippen LogP contribution in [-0.4, -0.2) is 34.7 Å². The number of hydrogen-bond donors (Lipinski definition) is 1. The maximum absolute atomic E-state index is 10.8. The van der Waals surface area contributed by atoms with E-state index in [4.69, 9.17) is 0 Å². The summed E-state index contributed by atoms with van der Waals surface area (Å²) in [6.07, 6.45) is 9.66. The molecule has 1 N–H and O–H groups in total. The molecule has 0 aromatic carbocycles. The molecule has 2 heteroatoms. The highest BCUT2D eigenvalue weighted by Gasteiger charge is 2.46. The van der Waals surface area contributed by atoms with E-state index >= 15 is 0 Å². The number of aliphatic hydroxyl groups is 1. The quantitative estimate of drug-likeness (QED) is 0.478. The minimum atomic E-state index is -0.118. The zero-order valence-electron chi connectivity index (χ0n) is 22.3. The van der Waals surface area contributed by atoms with Crippen LogP contribution in [0.25, 0.3) is 0 Å². The molecule has 1 aliphatic heterocycles. The van der Waals surface area contributed by atoms with Crippen molar-refractivity contribution in [2.24, 2.45) is 34.0 Å². The van der Waals surface area contributed by atoms with Crippen LogP contribution in [0.3, 0.4) is 0 Å². The molecule has 2 nitrogen and oxygen atoms in total. The van der Waals surface area contributed by atoms with Gasteiger partial charge in [0.2, 0.25) is 0 Å². The second kappa shape index (κ2) is 9.42. The van der Waals surface area contributed by atoms with Gasteiger partial charge in [-0.25, -0.2) is 0 Å². The summed E-state index contributed by atoms with van der Waals surface area (Å²) >= 11 is 0. The average Bonchev–Trinajstić information content (AvgIpc) is 2.64. The molecule has 1 aliphatic carbocycles. The first-order valence-corrected chi connectivity index (χ1v) is 13.0. The van der Waals surface area contributed by atoms with E-state index in [1.165, 1.54) is 51.6 Å². The van der Waals surface area contributed by atoms with Crippen molar-refractivity contribution in [2.75, 3.05) is 13.1 Å². The third-order valence-corrected chi connectivity index (χ3v) is 9.52. The molecule has 5 atom stereocenters. The zero-order chi connectivity index (χ0) is 23.0. The Balaban J connectivity index is 2.05. The molecule has 0 aromatic rings. The van der Waals surface area contributed by atoms with Crippen LogP contribution in [0.15, 0.2) is 0 Å². The maximum Gasteiger partial charge on any atom is 0.0548 e. The van der Waals surface area contributed by atoms with Crippen LogP contribution >= 0.6 is 0 Å². The monoisotopic (exact) mass is 421 g/mol. The molecule has 1 saturated carbocycles. The van der Waals surface area contributed by atoms with E-state index in [-0.39, 0.29) is 17.1 Å². The average molecular weight is 422 g/mol. The first-order valence-electron chi connectivity index (χ1n) is 13.0. The van der Waals surface area contributed by atoms with Crippen molar-refractivity contribution in [3.8, 4) is 0 Å². The fourth-order valence-corrected chi connectivity index (χ4v) is 6.51. The number of likely N-dealkylation sites (tertiary alicyclic amines) is 1. The molecule has 1 saturated heterocycles. The molecule has 0 spiro atoms. The zero-order valence-corrected chi connectivity index (χ0v) is 22.3. The van der Waals surface area contributed by atoms with Crippen molar-refractivity contribution in [1.82, 2.24) is 4.90 Å². The fraction of sp³-hybridized carbons (Fsp3) is 1.00. The number of aliphatic hydroxyl groups excluding tert-OH is 1. The SMILES string of the molecule is CCC1(C(C)CCC(C)(C)N2CCCC(C(C)(C)C)C2)CC(O)CC(C(C)(C)C)C1. The Kier molecular flexibility index (Phi) is 8.22.